The van der Waals surface area contributed by atoms with Gasteiger partial charge in [-0.2, -0.15) is 0 Å². The molecule has 22 nitrogen and oxygen atoms in total. The molecule has 0 unspecified atom stereocenters. The number of nitrogens with one attached hydrogen (secondary N) is 7. The molecule has 3 fully saturated rings. The maximum absolute atomic E-state index is 12.2. The molecule has 0 bridgehead atoms. The number of amides is 3. The monoisotopic (exact) mass is 885 g/mol. The van der Waals surface area contributed by atoms with Gasteiger partial charge in [-0.05, 0) is 37.3 Å². The minimum atomic E-state index is -1.62. The van der Waals surface area contributed by atoms with Gasteiger partial charge < -0.3 is 97.0 Å². The molecule has 0 radical (unpaired) electrons. The highest BCUT2D eigenvalue weighted by Crippen LogP contribution is 2.29. The summed E-state index contributed by atoms with van der Waals surface area (Å²) in [5.41, 5.74) is 0. The Balaban J connectivity index is 1.37. The number of carbonyl (C=O) groups is 3. The summed E-state index contributed by atoms with van der Waals surface area (Å²) in [6.07, 6.45) is -9.62. The molecule has 340 valence electrons. The molecule has 24 heteroatoms. The highest BCUT2D eigenvalue weighted by molar-refractivity contribution is 7.80. The van der Waals surface area contributed by atoms with Gasteiger partial charge in [-0.15, -0.1) is 0 Å². The van der Waals surface area contributed by atoms with Crippen molar-refractivity contribution in [2.24, 2.45) is 0 Å². The molecule has 3 aliphatic rings. The van der Waals surface area contributed by atoms with Gasteiger partial charge in [-0.1, -0.05) is 32.1 Å². The molecule has 15 atom stereocenters. The van der Waals surface area contributed by atoms with Crippen molar-refractivity contribution in [3.05, 3.63) is 0 Å². The molecule has 3 amide bonds. The van der Waals surface area contributed by atoms with Crippen molar-refractivity contribution in [2.75, 3.05) is 32.9 Å². The van der Waals surface area contributed by atoms with Gasteiger partial charge in [0.25, 0.3) is 0 Å². The van der Waals surface area contributed by atoms with Crippen LogP contribution in [0.3, 0.4) is 0 Å². The molecule has 3 aliphatic heterocycles. The van der Waals surface area contributed by atoms with Crippen molar-refractivity contribution in [1.82, 2.24) is 37.2 Å². The average molecular weight is 886 g/mol. The SMILES string of the molecule is CC(=O)N[C@@H]1[C@@H](O)[C@H](O[C@@H]2O[C@H](CO)[C@H](O)[C@H](O)[C@H]2NC(C)=O)[C@@H](CO)O[C@H]1NC(=S)NCCCCCCCCCNC(=S)N[C@@H]1O[C@H](CO)[C@@H](O)[C@H](O)[C@H]1NC(C)=O. The fourth-order valence-corrected chi connectivity index (χ4v) is 7.50. The van der Waals surface area contributed by atoms with E-state index in [9.17, 15) is 55.2 Å². The lowest BCUT2D eigenvalue weighted by Gasteiger charge is -2.48. The zero-order chi connectivity index (χ0) is 43.8. The molecule has 0 aromatic rings. The van der Waals surface area contributed by atoms with E-state index in [0.29, 0.717) is 13.1 Å². The Morgan fingerprint density at radius 2 is 0.881 bits per heavy atom. The van der Waals surface area contributed by atoms with E-state index >= 15 is 0 Å². The summed E-state index contributed by atoms with van der Waals surface area (Å²) in [6.45, 7) is 2.86. The first-order chi connectivity index (χ1) is 28.0. The van der Waals surface area contributed by atoms with Crippen LogP contribution in [-0.4, -0.2) is 194 Å². The number of hydrogen-bond acceptors (Lipinski definition) is 17. The largest absolute Gasteiger partial charge is 0.394 e. The highest BCUT2D eigenvalue weighted by Gasteiger charge is 2.52. The van der Waals surface area contributed by atoms with Gasteiger partial charge in [0.1, 0.15) is 73.1 Å². The fraction of sp³-hybridized carbons (Fsp3) is 0.857. The van der Waals surface area contributed by atoms with Crippen molar-refractivity contribution >= 4 is 52.4 Å². The van der Waals surface area contributed by atoms with Crippen LogP contribution >= 0.6 is 24.4 Å². The van der Waals surface area contributed by atoms with Crippen LogP contribution in [0.4, 0.5) is 0 Å². The molecular formula is C35H63N7O15S2. The van der Waals surface area contributed by atoms with Crippen LogP contribution in [0.15, 0.2) is 0 Å². The van der Waals surface area contributed by atoms with E-state index in [2.05, 4.69) is 37.2 Å². The number of aliphatic hydroxyl groups excluding tert-OH is 8. The van der Waals surface area contributed by atoms with E-state index in [1.807, 2.05) is 0 Å². The summed E-state index contributed by atoms with van der Waals surface area (Å²) in [7, 11) is 0. The summed E-state index contributed by atoms with van der Waals surface area (Å²) in [6, 6.07) is -3.48. The summed E-state index contributed by atoms with van der Waals surface area (Å²) in [4.78, 5) is 35.7. The van der Waals surface area contributed by atoms with E-state index < -0.39 is 129 Å². The van der Waals surface area contributed by atoms with E-state index in [0.717, 1.165) is 44.9 Å². The minimum absolute atomic E-state index is 0.167. The number of rotatable bonds is 20. The van der Waals surface area contributed by atoms with E-state index in [4.69, 9.17) is 43.4 Å². The molecule has 15 N–H and O–H groups in total. The Labute approximate surface area is 353 Å². The second-order valence-electron chi connectivity index (χ2n) is 14.8. The first kappa shape index (κ1) is 50.7. The summed E-state index contributed by atoms with van der Waals surface area (Å²) < 4.78 is 23.2. The predicted molar refractivity (Wildman–Crippen MR) is 215 cm³/mol. The van der Waals surface area contributed by atoms with Gasteiger partial charge >= 0.3 is 0 Å². The van der Waals surface area contributed by atoms with E-state index in [1.54, 1.807) is 0 Å². The molecule has 0 aliphatic carbocycles. The van der Waals surface area contributed by atoms with Gasteiger partial charge in [0.15, 0.2) is 29.0 Å². The molecule has 0 spiro atoms. The van der Waals surface area contributed by atoms with Gasteiger partial charge in [-0.3, -0.25) is 14.4 Å². The topological polar surface area (TPSA) is 334 Å². The standard InChI is InChI=1S/C35H63N7O15S2/c1-16(46)38-22-27(51)25(49)19(13-43)54-31(22)41-34(58)36-11-9-7-5-4-6-8-10-12-37-35(59)42-32-23(39-17(2)47)29(53)30(21(15-45)55-32)57-33-24(40-18(3)48)28(52)26(50)20(14-44)56-33/h19-33,43-45,49-53H,4-15H2,1-3H3,(H,38,46)(H,39,47)(H,40,48)(H2,36,41,58)(H2,37,42,59)/t19-,20-,21-,22-,23-,24-,25-,26+,27-,28-,29-,30-,31-,32-,33+/m1/s1. The molecule has 59 heavy (non-hydrogen) atoms. The van der Waals surface area contributed by atoms with Gasteiger partial charge in [0, 0.05) is 33.9 Å². The summed E-state index contributed by atoms with van der Waals surface area (Å²) in [5.74, 6) is -1.54. The van der Waals surface area contributed by atoms with Crippen LogP contribution in [0.25, 0.3) is 0 Å². The van der Waals surface area contributed by atoms with Crippen molar-refractivity contribution in [3.8, 4) is 0 Å². The molecule has 0 aromatic heterocycles. The number of ether oxygens (including phenoxy) is 4. The normalized spacial score (nSPS) is 34.5. The van der Waals surface area contributed by atoms with Crippen LogP contribution < -0.4 is 37.2 Å². The third kappa shape index (κ3) is 15.3. The van der Waals surface area contributed by atoms with Gasteiger partial charge in [-0.25, -0.2) is 0 Å². The van der Waals surface area contributed by atoms with E-state index in [-0.39, 0.29) is 10.2 Å². The van der Waals surface area contributed by atoms with Crippen LogP contribution in [0, 0.1) is 0 Å². The molecule has 3 heterocycles. The number of hydrogen-bond donors (Lipinski definition) is 15. The predicted octanol–water partition coefficient (Wildman–Crippen LogP) is -5.50. The lowest BCUT2D eigenvalue weighted by atomic mass is 9.94. The first-order valence-corrected chi connectivity index (χ1v) is 20.6. The second kappa shape index (κ2) is 25.3. The second-order valence-corrected chi connectivity index (χ2v) is 15.6. The third-order valence-electron chi connectivity index (χ3n) is 10.1. The lowest BCUT2D eigenvalue weighted by molar-refractivity contribution is -0.315. The zero-order valence-electron chi connectivity index (χ0n) is 33.4. The number of aliphatic hydroxyl groups is 8. The van der Waals surface area contributed by atoms with Crippen molar-refractivity contribution in [2.45, 2.75) is 158 Å². The van der Waals surface area contributed by atoms with Crippen molar-refractivity contribution < 1.29 is 74.2 Å². The Morgan fingerprint density at radius 3 is 1.32 bits per heavy atom. The average Bonchev–Trinajstić information content (AvgIpc) is 3.18. The van der Waals surface area contributed by atoms with Gasteiger partial charge in [0.2, 0.25) is 17.7 Å². The summed E-state index contributed by atoms with van der Waals surface area (Å²) >= 11 is 10.8. The van der Waals surface area contributed by atoms with Gasteiger partial charge in [0.05, 0.1) is 19.8 Å². The quantitative estimate of drug-likeness (QED) is 0.0401. The fourth-order valence-electron chi connectivity index (χ4n) is 7.06. The molecule has 3 saturated heterocycles. The van der Waals surface area contributed by atoms with Crippen LogP contribution in [0.5, 0.6) is 0 Å². The molecular weight excluding hydrogens is 823 g/mol. The Morgan fingerprint density at radius 1 is 0.508 bits per heavy atom. The Bertz CT molecular complexity index is 1360. The molecule has 0 aromatic carbocycles. The number of carbonyl (C=O) groups excluding carboxylic acids is 3. The van der Waals surface area contributed by atoms with Crippen LogP contribution in [-0.2, 0) is 33.3 Å². The highest BCUT2D eigenvalue weighted by atomic mass is 32.1. The maximum Gasteiger partial charge on any atom is 0.217 e. The summed E-state index contributed by atoms with van der Waals surface area (Å²) in [5, 5.41) is 102. The third-order valence-corrected chi connectivity index (χ3v) is 10.6. The number of thiocarbonyl (C=S) groups is 2. The smallest absolute Gasteiger partial charge is 0.217 e. The Kier molecular flexibility index (Phi) is 21.7. The Hall–Kier alpha value is -2.69. The zero-order valence-corrected chi connectivity index (χ0v) is 35.0. The van der Waals surface area contributed by atoms with Crippen LogP contribution in [0.2, 0.25) is 0 Å². The lowest BCUT2D eigenvalue weighted by Crippen LogP contribution is -2.71. The molecule has 3 rings (SSSR count). The molecule has 0 saturated carbocycles. The van der Waals surface area contributed by atoms with E-state index in [1.165, 1.54) is 20.8 Å². The van der Waals surface area contributed by atoms with Crippen molar-refractivity contribution in [1.29, 1.82) is 0 Å². The van der Waals surface area contributed by atoms with Crippen LogP contribution in [0.1, 0.15) is 65.7 Å². The number of unbranched alkanes of at least 4 members (excludes halogenated alkanes) is 6. The minimum Gasteiger partial charge on any atom is -0.394 e. The van der Waals surface area contributed by atoms with Crippen molar-refractivity contribution in [3.63, 3.8) is 0 Å². The first-order valence-electron chi connectivity index (χ1n) is 19.8. The maximum atomic E-state index is 12.2.